The van der Waals surface area contributed by atoms with Crippen molar-refractivity contribution in [2.75, 3.05) is 0 Å². The average Bonchev–Trinajstić information content (AvgIpc) is 2.32. The van der Waals surface area contributed by atoms with Gasteiger partial charge in [-0.3, -0.25) is 4.79 Å². The Morgan fingerprint density at radius 1 is 1.12 bits per heavy atom. The summed E-state index contributed by atoms with van der Waals surface area (Å²) in [5.74, 6) is 0.141. The Hall–Kier alpha value is -1.31. The molecular weight excluding hydrogens is 198 g/mol. The molecule has 0 radical (unpaired) electrons. The predicted molar refractivity (Wildman–Crippen MR) is 71.3 cm³/mol. The van der Waals surface area contributed by atoms with E-state index in [-0.39, 0.29) is 19.3 Å². The number of nitrogens with one attached hydrogen (secondary N) is 1. The summed E-state index contributed by atoms with van der Waals surface area (Å²) >= 11 is 0. The van der Waals surface area contributed by atoms with Gasteiger partial charge < -0.3 is 5.32 Å². The molecule has 0 unspecified atom stereocenters. The Balaban J connectivity index is 0. The Morgan fingerprint density at radius 2 is 1.62 bits per heavy atom. The predicted octanol–water partition coefficient (Wildman–Crippen LogP) is 3.79. The quantitative estimate of drug-likeness (QED) is 0.830. The van der Waals surface area contributed by atoms with Crippen molar-refractivity contribution in [3.05, 3.63) is 35.9 Å². The second kappa shape index (κ2) is 7.91. The third kappa shape index (κ3) is 4.96. The molecule has 0 aliphatic rings. The van der Waals surface area contributed by atoms with Gasteiger partial charge in [-0.05, 0) is 12.5 Å². The second-order valence-corrected chi connectivity index (χ2v) is 3.80. The maximum Gasteiger partial charge on any atom is 0.223 e. The summed E-state index contributed by atoms with van der Waals surface area (Å²) in [6.45, 7) is 9.79. The Morgan fingerprint density at radius 3 is 2.06 bits per heavy atom. The van der Waals surface area contributed by atoms with E-state index in [1.165, 1.54) is 0 Å². The third-order valence-electron chi connectivity index (χ3n) is 2.18. The van der Waals surface area contributed by atoms with E-state index in [1.54, 1.807) is 0 Å². The molecule has 0 aromatic heterocycles. The van der Waals surface area contributed by atoms with Gasteiger partial charge in [0.2, 0.25) is 5.91 Å². The van der Waals surface area contributed by atoms with Crippen molar-refractivity contribution in [3.8, 4) is 0 Å². The Bertz CT molecular complexity index is 298. The first kappa shape index (κ1) is 14.7. The molecular formula is C14H25NO. The molecule has 0 fully saturated rings. The van der Waals surface area contributed by atoms with Gasteiger partial charge in [-0.1, -0.05) is 58.0 Å². The highest BCUT2D eigenvalue weighted by molar-refractivity contribution is 5.78. The van der Waals surface area contributed by atoms with E-state index in [1.807, 2.05) is 65.0 Å². The lowest BCUT2D eigenvalue weighted by Gasteiger charge is -2.15. The van der Waals surface area contributed by atoms with Crippen molar-refractivity contribution in [2.24, 2.45) is 5.92 Å². The van der Waals surface area contributed by atoms with Crippen LogP contribution in [0.4, 0.5) is 0 Å². The first-order valence-corrected chi connectivity index (χ1v) is 5.96. The number of carbonyl (C=O) groups excluding carboxylic acids is 1. The number of carbonyl (C=O) groups is 1. The fourth-order valence-corrected chi connectivity index (χ4v) is 1.21. The van der Waals surface area contributed by atoms with Gasteiger partial charge in [0.05, 0.1) is 6.04 Å². The van der Waals surface area contributed by atoms with Crippen LogP contribution < -0.4 is 5.32 Å². The van der Waals surface area contributed by atoms with E-state index >= 15 is 0 Å². The zero-order chi connectivity index (χ0) is 12.6. The van der Waals surface area contributed by atoms with Crippen LogP contribution in [0, 0.1) is 5.92 Å². The lowest BCUT2D eigenvalue weighted by molar-refractivity contribution is -0.124. The zero-order valence-corrected chi connectivity index (χ0v) is 10.9. The highest BCUT2D eigenvalue weighted by Gasteiger charge is 2.11. The first-order valence-electron chi connectivity index (χ1n) is 5.96. The summed E-state index contributed by atoms with van der Waals surface area (Å²) in [4.78, 5) is 11.4. The van der Waals surface area contributed by atoms with Gasteiger partial charge in [-0.25, -0.2) is 0 Å². The van der Waals surface area contributed by atoms with Crippen LogP contribution in [0.15, 0.2) is 30.3 Å². The first-order chi connectivity index (χ1) is 7.61. The Kier molecular flexibility index (Phi) is 7.27. The van der Waals surface area contributed by atoms with Crippen LogP contribution in [0.1, 0.15) is 47.7 Å². The minimum atomic E-state index is 0. The number of hydrogen-bond donors (Lipinski definition) is 1. The largest absolute Gasteiger partial charge is 0.349 e. The highest BCUT2D eigenvalue weighted by Crippen LogP contribution is 2.11. The molecule has 1 N–H and O–H groups in total. The van der Waals surface area contributed by atoms with E-state index in [2.05, 4.69) is 5.32 Å². The smallest absolute Gasteiger partial charge is 0.223 e. The molecule has 1 amide bonds. The monoisotopic (exact) mass is 223 g/mol. The summed E-state index contributed by atoms with van der Waals surface area (Å²) in [6.07, 6.45) is 0. The normalized spacial score (nSPS) is 11.4. The van der Waals surface area contributed by atoms with Gasteiger partial charge in [-0.15, -0.1) is 0 Å². The highest BCUT2D eigenvalue weighted by atomic mass is 16.1. The molecule has 16 heavy (non-hydrogen) atoms. The standard InChI is InChI=1S/C12H17NO.C2H6.H2/c1-9(2)12(14)13-10(3)11-7-5-4-6-8-11;1-2;/h4-10H,1-3H3,(H,13,14);1-2H3;1H/t10-;;/m1../s1. The van der Waals surface area contributed by atoms with Crippen LogP contribution in [0.3, 0.4) is 0 Å². The molecule has 0 aliphatic heterocycles. The van der Waals surface area contributed by atoms with Gasteiger partial charge in [0.15, 0.2) is 0 Å². The van der Waals surface area contributed by atoms with Crippen LogP contribution in [-0.2, 0) is 4.79 Å². The van der Waals surface area contributed by atoms with E-state index < -0.39 is 0 Å². The molecule has 0 bridgehead atoms. The van der Waals surface area contributed by atoms with E-state index in [0.717, 1.165) is 5.56 Å². The zero-order valence-electron chi connectivity index (χ0n) is 10.9. The molecule has 0 saturated carbocycles. The summed E-state index contributed by atoms with van der Waals surface area (Å²) < 4.78 is 0. The summed E-state index contributed by atoms with van der Waals surface area (Å²) in [5, 5.41) is 2.96. The van der Waals surface area contributed by atoms with Crippen molar-refractivity contribution in [2.45, 2.75) is 40.7 Å². The fourth-order valence-electron chi connectivity index (χ4n) is 1.21. The number of benzene rings is 1. The van der Waals surface area contributed by atoms with E-state index in [9.17, 15) is 4.79 Å². The second-order valence-electron chi connectivity index (χ2n) is 3.80. The lowest BCUT2D eigenvalue weighted by Crippen LogP contribution is -2.30. The molecule has 1 rings (SSSR count). The van der Waals surface area contributed by atoms with E-state index in [4.69, 9.17) is 0 Å². The topological polar surface area (TPSA) is 29.1 Å². The summed E-state index contributed by atoms with van der Waals surface area (Å²) in [6, 6.07) is 10.1. The molecule has 2 heteroatoms. The Labute approximate surface area is 101 Å². The molecule has 1 aromatic rings. The van der Waals surface area contributed by atoms with Crippen molar-refractivity contribution in [3.63, 3.8) is 0 Å². The van der Waals surface area contributed by atoms with Gasteiger partial charge in [0.25, 0.3) is 0 Å². The van der Waals surface area contributed by atoms with Crippen LogP contribution in [0.25, 0.3) is 0 Å². The molecule has 0 spiro atoms. The van der Waals surface area contributed by atoms with Crippen LogP contribution in [-0.4, -0.2) is 5.91 Å². The SMILES string of the molecule is CC.CC(C)C(=O)N[C@H](C)c1ccccc1.[HH]. The number of amides is 1. The van der Waals surface area contributed by atoms with Crippen molar-refractivity contribution in [1.29, 1.82) is 0 Å². The minimum absolute atomic E-state index is 0. The molecule has 0 aliphatic carbocycles. The summed E-state index contributed by atoms with van der Waals surface area (Å²) in [7, 11) is 0. The van der Waals surface area contributed by atoms with Crippen molar-refractivity contribution < 1.29 is 6.22 Å². The van der Waals surface area contributed by atoms with Gasteiger partial charge in [0.1, 0.15) is 0 Å². The third-order valence-corrected chi connectivity index (χ3v) is 2.18. The van der Waals surface area contributed by atoms with Crippen molar-refractivity contribution >= 4 is 5.91 Å². The van der Waals surface area contributed by atoms with Crippen LogP contribution in [0.2, 0.25) is 0 Å². The number of rotatable bonds is 3. The molecule has 0 saturated heterocycles. The van der Waals surface area contributed by atoms with Crippen LogP contribution in [0.5, 0.6) is 0 Å². The van der Waals surface area contributed by atoms with Crippen LogP contribution >= 0.6 is 0 Å². The number of hydrogen-bond acceptors (Lipinski definition) is 1. The van der Waals surface area contributed by atoms with Gasteiger partial charge in [0, 0.05) is 7.34 Å². The van der Waals surface area contributed by atoms with E-state index in [0.29, 0.717) is 0 Å². The maximum absolute atomic E-state index is 11.4. The molecule has 0 heterocycles. The lowest BCUT2D eigenvalue weighted by atomic mass is 10.1. The van der Waals surface area contributed by atoms with Gasteiger partial charge >= 0.3 is 0 Å². The summed E-state index contributed by atoms with van der Waals surface area (Å²) in [5.41, 5.74) is 1.14. The average molecular weight is 223 g/mol. The molecule has 1 atom stereocenters. The maximum atomic E-state index is 11.4. The minimum Gasteiger partial charge on any atom is -0.349 e. The van der Waals surface area contributed by atoms with Crippen molar-refractivity contribution in [1.82, 2.24) is 5.32 Å². The molecule has 1 aromatic carbocycles. The molecule has 92 valence electrons. The van der Waals surface area contributed by atoms with Gasteiger partial charge in [-0.2, -0.15) is 0 Å². The molecule has 2 nitrogen and oxygen atoms in total. The fraction of sp³-hybridized carbons (Fsp3) is 0.500.